The highest BCUT2D eigenvalue weighted by Gasteiger charge is 2.05. The minimum Gasteiger partial charge on any atom is -0.425 e. The Morgan fingerprint density at radius 2 is 2.33 bits per heavy atom. The van der Waals surface area contributed by atoms with Crippen molar-refractivity contribution in [2.24, 2.45) is 0 Å². The fourth-order valence-electron chi connectivity index (χ4n) is 0.991. The SMILES string of the molecule is CCNc1ncnc2ocnc12. The predicted octanol–water partition coefficient (Wildman–Crippen LogP) is 1.05. The Balaban J connectivity index is 2.57. The van der Waals surface area contributed by atoms with E-state index in [1.807, 2.05) is 6.92 Å². The lowest BCUT2D eigenvalue weighted by atomic mass is 10.5. The van der Waals surface area contributed by atoms with Gasteiger partial charge < -0.3 is 9.73 Å². The van der Waals surface area contributed by atoms with Gasteiger partial charge in [0.1, 0.15) is 6.33 Å². The number of nitrogens with zero attached hydrogens (tertiary/aromatic N) is 3. The highest BCUT2D eigenvalue weighted by atomic mass is 16.3. The molecule has 0 unspecified atom stereocenters. The van der Waals surface area contributed by atoms with Gasteiger partial charge in [0.15, 0.2) is 17.7 Å². The molecule has 5 heteroatoms. The van der Waals surface area contributed by atoms with Gasteiger partial charge in [0.2, 0.25) is 0 Å². The van der Waals surface area contributed by atoms with E-state index in [-0.39, 0.29) is 0 Å². The summed E-state index contributed by atoms with van der Waals surface area (Å²) in [6, 6.07) is 0. The quantitative estimate of drug-likeness (QED) is 0.718. The van der Waals surface area contributed by atoms with Crippen LogP contribution < -0.4 is 5.32 Å². The zero-order valence-corrected chi connectivity index (χ0v) is 6.61. The lowest BCUT2D eigenvalue weighted by Gasteiger charge is -1.99. The summed E-state index contributed by atoms with van der Waals surface area (Å²) in [4.78, 5) is 11.9. The molecule has 2 aromatic rings. The molecule has 12 heavy (non-hydrogen) atoms. The molecule has 2 rings (SSSR count). The third kappa shape index (κ3) is 0.990. The van der Waals surface area contributed by atoms with Crippen LogP contribution in [0.15, 0.2) is 17.1 Å². The number of oxazole rings is 1. The molecule has 0 spiro atoms. The van der Waals surface area contributed by atoms with Crippen LogP contribution in [0.3, 0.4) is 0 Å². The van der Waals surface area contributed by atoms with Crippen LogP contribution in [0.25, 0.3) is 11.2 Å². The number of aromatic nitrogens is 3. The third-order valence-corrected chi connectivity index (χ3v) is 1.48. The molecule has 0 fully saturated rings. The molecule has 0 aliphatic heterocycles. The zero-order chi connectivity index (χ0) is 8.39. The lowest BCUT2D eigenvalue weighted by molar-refractivity contribution is 0.590. The molecule has 0 saturated carbocycles. The first kappa shape index (κ1) is 7.02. The van der Waals surface area contributed by atoms with E-state index in [0.717, 1.165) is 12.4 Å². The third-order valence-electron chi connectivity index (χ3n) is 1.48. The van der Waals surface area contributed by atoms with Crippen LogP contribution in [0.4, 0.5) is 5.82 Å². The van der Waals surface area contributed by atoms with Gasteiger partial charge in [-0.15, -0.1) is 0 Å². The van der Waals surface area contributed by atoms with E-state index in [2.05, 4.69) is 20.3 Å². The van der Waals surface area contributed by atoms with Crippen molar-refractivity contribution >= 4 is 17.0 Å². The average molecular weight is 164 g/mol. The lowest BCUT2D eigenvalue weighted by Crippen LogP contribution is -2.00. The molecule has 2 heterocycles. The monoisotopic (exact) mass is 164 g/mol. The summed E-state index contributed by atoms with van der Waals surface area (Å²) in [5.74, 6) is 0.719. The molecule has 2 aromatic heterocycles. The van der Waals surface area contributed by atoms with E-state index in [9.17, 15) is 0 Å². The first-order valence-corrected chi connectivity index (χ1v) is 3.70. The van der Waals surface area contributed by atoms with Crippen molar-refractivity contribution in [2.45, 2.75) is 6.92 Å². The van der Waals surface area contributed by atoms with Crippen LogP contribution in [0.2, 0.25) is 0 Å². The molecule has 62 valence electrons. The highest BCUT2D eigenvalue weighted by molar-refractivity contribution is 5.80. The summed E-state index contributed by atoms with van der Waals surface area (Å²) >= 11 is 0. The van der Waals surface area contributed by atoms with Gasteiger partial charge in [0.25, 0.3) is 5.71 Å². The van der Waals surface area contributed by atoms with Crippen molar-refractivity contribution in [3.8, 4) is 0 Å². The summed E-state index contributed by atoms with van der Waals surface area (Å²) in [6.45, 7) is 2.80. The molecule has 0 aliphatic rings. The Labute approximate surface area is 68.8 Å². The Morgan fingerprint density at radius 3 is 3.17 bits per heavy atom. The number of hydrogen-bond donors (Lipinski definition) is 1. The number of anilines is 1. The van der Waals surface area contributed by atoms with Gasteiger partial charge in [0, 0.05) is 6.54 Å². The Morgan fingerprint density at radius 1 is 1.42 bits per heavy atom. The van der Waals surface area contributed by atoms with E-state index < -0.39 is 0 Å². The predicted molar refractivity (Wildman–Crippen MR) is 43.8 cm³/mol. The van der Waals surface area contributed by atoms with Crippen molar-refractivity contribution in [2.75, 3.05) is 11.9 Å². The van der Waals surface area contributed by atoms with Crippen molar-refractivity contribution in [3.63, 3.8) is 0 Å². The van der Waals surface area contributed by atoms with Gasteiger partial charge in [0.05, 0.1) is 0 Å². The van der Waals surface area contributed by atoms with Crippen molar-refractivity contribution < 1.29 is 4.42 Å². The Hall–Kier alpha value is -1.65. The van der Waals surface area contributed by atoms with Gasteiger partial charge >= 0.3 is 0 Å². The average Bonchev–Trinajstić information content (AvgIpc) is 2.53. The molecular formula is C7H8N4O. The van der Waals surface area contributed by atoms with E-state index in [4.69, 9.17) is 4.42 Å². The number of hydrogen-bond acceptors (Lipinski definition) is 5. The normalized spacial score (nSPS) is 10.4. The summed E-state index contributed by atoms with van der Waals surface area (Å²) in [6.07, 6.45) is 2.81. The Kier molecular flexibility index (Phi) is 1.62. The van der Waals surface area contributed by atoms with Crippen LogP contribution in [0, 0.1) is 0 Å². The first-order chi connectivity index (χ1) is 5.92. The summed E-state index contributed by atoms with van der Waals surface area (Å²) in [5.41, 5.74) is 1.19. The van der Waals surface area contributed by atoms with E-state index in [0.29, 0.717) is 11.2 Å². The second-order valence-electron chi connectivity index (χ2n) is 2.26. The van der Waals surface area contributed by atoms with Crippen LogP contribution in [-0.2, 0) is 0 Å². The fourth-order valence-corrected chi connectivity index (χ4v) is 0.991. The molecule has 0 atom stereocenters. The van der Waals surface area contributed by atoms with E-state index in [1.165, 1.54) is 12.7 Å². The van der Waals surface area contributed by atoms with Crippen molar-refractivity contribution in [1.29, 1.82) is 0 Å². The number of fused-ring (bicyclic) bond motifs is 1. The van der Waals surface area contributed by atoms with Gasteiger partial charge in [-0.3, -0.25) is 0 Å². The van der Waals surface area contributed by atoms with E-state index in [1.54, 1.807) is 0 Å². The first-order valence-electron chi connectivity index (χ1n) is 3.70. The number of rotatable bonds is 2. The molecule has 0 aromatic carbocycles. The largest absolute Gasteiger partial charge is 0.425 e. The maximum Gasteiger partial charge on any atom is 0.251 e. The van der Waals surface area contributed by atoms with Crippen LogP contribution in [0.5, 0.6) is 0 Å². The minimum absolute atomic E-state index is 0.515. The molecular weight excluding hydrogens is 156 g/mol. The topological polar surface area (TPSA) is 63.8 Å². The van der Waals surface area contributed by atoms with E-state index >= 15 is 0 Å². The standard InChI is InChI=1S/C7H8N4O/c1-2-8-6-5-7(10-3-9-6)12-4-11-5/h3-4H,2H2,1H3,(H,8,9,10). The van der Waals surface area contributed by atoms with Gasteiger partial charge in [-0.25, -0.2) is 9.97 Å². The maximum absolute atomic E-state index is 5.00. The minimum atomic E-state index is 0.515. The molecule has 5 nitrogen and oxygen atoms in total. The van der Waals surface area contributed by atoms with Gasteiger partial charge in [-0.05, 0) is 6.92 Å². The molecule has 0 aliphatic carbocycles. The molecule has 0 saturated heterocycles. The van der Waals surface area contributed by atoms with Gasteiger partial charge in [-0.2, -0.15) is 4.98 Å². The summed E-state index contributed by atoms with van der Waals surface area (Å²) < 4.78 is 5.00. The number of nitrogens with one attached hydrogen (secondary N) is 1. The smallest absolute Gasteiger partial charge is 0.251 e. The van der Waals surface area contributed by atoms with Crippen LogP contribution in [0.1, 0.15) is 6.92 Å². The fraction of sp³-hybridized carbons (Fsp3) is 0.286. The summed E-state index contributed by atoms with van der Waals surface area (Å²) in [7, 11) is 0. The van der Waals surface area contributed by atoms with Crippen molar-refractivity contribution in [1.82, 2.24) is 15.0 Å². The highest BCUT2D eigenvalue weighted by Crippen LogP contribution is 2.15. The zero-order valence-electron chi connectivity index (χ0n) is 6.61. The second kappa shape index (κ2) is 2.77. The molecule has 0 radical (unpaired) electrons. The molecule has 0 amide bonds. The van der Waals surface area contributed by atoms with Crippen LogP contribution >= 0.6 is 0 Å². The maximum atomic E-state index is 5.00. The van der Waals surface area contributed by atoms with Crippen molar-refractivity contribution in [3.05, 3.63) is 12.7 Å². The van der Waals surface area contributed by atoms with Gasteiger partial charge in [-0.1, -0.05) is 0 Å². The second-order valence-corrected chi connectivity index (χ2v) is 2.26. The molecule has 1 N–H and O–H groups in total. The molecule has 0 bridgehead atoms. The van der Waals surface area contributed by atoms with Crippen LogP contribution in [-0.4, -0.2) is 21.5 Å². The summed E-state index contributed by atoms with van der Waals surface area (Å²) in [5, 5.41) is 3.06. The Bertz CT molecular complexity index is 384.